The van der Waals surface area contributed by atoms with Crippen LogP contribution < -0.4 is 0 Å². The summed E-state index contributed by atoms with van der Waals surface area (Å²) >= 11 is 5.87. The molecule has 1 unspecified atom stereocenters. The molecule has 3 rings (SSSR count). The maximum atomic E-state index is 10.0. The second-order valence-electron chi connectivity index (χ2n) is 4.91. The van der Waals surface area contributed by atoms with E-state index in [0.717, 1.165) is 34.6 Å². The van der Waals surface area contributed by atoms with Crippen LogP contribution in [0.25, 0.3) is 11.1 Å². The van der Waals surface area contributed by atoms with Crippen molar-refractivity contribution in [1.82, 2.24) is 0 Å². The maximum Gasteiger partial charge on any atom is 0.0818 e. The summed E-state index contributed by atoms with van der Waals surface area (Å²) in [6.07, 6.45) is 2.02. The van der Waals surface area contributed by atoms with E-state index >= 15 is 0 Å². The Morgan fingerprint density at radius 3 is 1.89 bits per heavy atom. The van der Waals surface area contributed by atoms with Gasteiger partial charge in [-0.15, -0.1) is 0 Å². The quantitative estimate of drug-likeness (QED) is 0.862. The van der Waals surface area contributed by atoms with Crippen molar-refractivity contribution in [1.29, 1.82) is 0 Å². The summed E-state index contributed by atoms with van der Waals surface area (Å²) in [5, 5.41) is 10.8. The Morgan fingerprint density at radius 1 is 0.889 bits per heavy atom. The van der Waals surface area contributed by atoms with Crippen molar-refractivity contribution in [3.63, 3.8) is 0 Å². The Morgan fingerprint density at radius 2 is 1.39 bits per heavy atom. The molecule has 0 bridgehead atoms. The summed E-state index contributed by atoms with van der Waals surface area (Å²) in [6, 6.07) is 16.0. The van der Waals surface area contributed by atoms with Gasteiger partial charge in [0.1, 0.15) is 0 Å². The van der Waals surface area contributed by atoms with Gasteiger partial charge in [0.25, 0.3) is 0 Å². The molecule has 1 saturated carbocycles. The molecule has 0 amide bonds. The zero-order valence-electron chi connectivity index (χ0n) is 10.0. The van der Waals surface area contributed by atoms with Crippen LogP contribution in [0.4, 0.5) is 0 Å². The third-order valence-electron chi connectivity index (χ3n) is 3.50. The van der Waals surface area contributed by atoms with Crippen molar-refractivity contribution >= 4 is 11.6 Å². The Balaban J connectivity index is 1.83. The Hall–Kier alpha value is -1.31. The molecular formula is C16H15ClO. The fraction of sp³-hybridized carbons (Fsp3) is 0.250. The van der Waals surface area contributed by atoms with E-state index in [2.05, 4.69) is 12.1 Å². The highest BCUT2D eigenvalue weighted by Gasteiger charge is 2.30. The van der Waals surface area contributed by atoms with Crippen molar-refractivity contribution in [3.8, 4) is 11.1 Å². The predicted octanol–water partition coefficient (Wildman–Crippen LogP) is 4.45. The Labute approximate surface area is 112 Å². The molecule has 1 N–H and O–H groups in total. The van der Waals surface area contributed by atoms with Crippen molar-refractivity contribution in [3.05, 3.63) is 59.1 Å². The van der Waals surface area contributed by atoms with Crippen LogP contribution in [0.5, 0.6) is 0 Å². The zero-order valence-corrected chi connectivity index (χ0v) is 10.8. The van der Waals surface area contributed by atoms with Crippen LogP contribution in [0.1, 0.15) is 24.5 Å². The third kappa shape index (κ3) is 2.43. The van der Waals surface area contributed by atoms with Crippen molar-refractivity contribution in [2.45, 2.75) is 18.9 Å². The van der Waals surface area contributed by atoms with E-state index in [1.54, 1.807) is 0 Å². The maximum absolute atomic E-state index is 10.0. The standard InChI is InChI=1S/C16H15ClO/c17-15-9-7-12(8-10-15)11-1-3-13(4-2-11)16(18)14-5-6-14/h1-4,7-10,14,16,18H,5-6H2. The van der Waals surface area contributed by atoms with Crippen molar-refractivity contribution in [2.75, 3.05) is 0 Å². The van der Waals surface area contributed by atoms with E-state index in [-0.39, 0.29) is 6.10 Å². The fourth-order valence-electron chi connectivity index (χ4n) is 2.20. The highest BCUT2D eigenvalue weighted by atomic mass is 35.5. The highest BCUT2D eigenvalue weighted by Crippen LogP contribution is 2.41. The van der Waals surface area contributed by atoms with Gasteiger partial charge in [0.05, 0.1) is 6.10 Å². The molecule has 1 atom stereocenters. The molecule has 0 radical (unpaired) electrons. The van der Waals surface area contributed by atoms with Crippen LogP contribution in [-0.2, 0) is 0 Å². The van der Waals surface area contributed by atoms with Crippen LogP contribution >= 0.6 is 11.6 Å². The lowest BCUT2D eigenvalue weighted by atomic mass is 10.0. The first-order valence-corrected chi connectivity index (χ1v) is 6.66. The van der Waals surface area contributed by atoms with Gasteiger partial charge in [-0.2, -0.15) is 0 Å². The second kappa shape index (κ2) is 4.75. The highest BCUT2D eigenvalue weighted by molar-refractivity contribution is 6.30. The lowest BCUT2D eigenvalue weighted by Crippen LogP contribution is -1.98. The van der Waals surface area contributed by atoms with Crippen LogP contribution in [0.2, 0.25) is 5.02 Å². The molecule has 0 saturated heterocycles. The first kappa shape index (κ1) is 11.8. The van der Waals surface area contributed by atoms with E-state index in [1.807, 2.05) is 36.4 Å². The summed E-state index contributed by atoms with van der Waals surface area (Å²) in [6.45, 7) is 0. The summed E-state index contributed by atoms with van der Waals surface area (Å²) in [4.78, 5) is 0. The van der Waals surface area contributed by atoms with E-state index in [1.165, 1.54) is 0 Å². The minimum atomic E-state index is -0.288. The molecule has 0 aliphatic heterocycles. The number of halogens is 1. The van der Waals surface area contributed by atoms with Crippen LogP contribution in [0, 0.1) is 5.92 Å². The van der Waals surface area contributed by atoms with Crippen LogP contribution in [0.15, 0.2) is 48.5 Å². The number of hydrogen-bond donors (Lipinski definition) is 1. The molecule has 92 valence electrons. The molecule has 0 heterocycles. The molecule has 1 nitrogen and oxygen atoms in total. The molecule has 2 aromatic rings. The fourth-order valence-corrected chi connectivity index (χ4v) is 2.33. The summed E-state index contributed by atoms with van der Waals surface area (Å²) in [5.74, 6) is 0.478. The van der Waals surface area contributed by atoms with E-state index < -0.39 is 0 Å². The van der Waals surface area contributed by atoms with E-state index in [0.29, 0.717) is 5.92 Å². The van der Waals surface area contributed by atoms with Gasteiger partial charge in [-0.1, -0.05) is 48.0 Å². The number of benzene rings is 2. The van der Waals surface area contributed by atoms with Gasteiger partial charge in [-0.25, -0.2) is 0 Å². The predicted molar refractivity (Wildman–Crippen MR) is 74.6 cm³/mol. The van der Waals surface area contributed by atoms with Crippen LogP contribution in [-0.4, -0.2) is 5.11 Å². The molecule has 1 fully saturated rings. The SMILES string of the molecule is OC(c1ccc(-c2ccc(Cl)cc2)cc1)C1CC1. The normalized spacial score (nSPS) is 16.6. The lowest BCUT2D eigenvalue weighted by Gasteiger charge is -2.10. The molecule has 0 spiro atoms. The average Bonchev–Trinajstić information content (AvgIpc) is 3.23. The molecule has 1 aliphatic carbocycles. The minimum Gasteiger partial charge on any atom is -0.388 e. The van der Waals surface area contributed by atoms with Gasteiger partial charge >= 0.3 is 0 Å². The number of aliphatic hydroxyl groups excluding tert-OH is 1. The average molecular weight is 259 g/mol. The minimum absolute atomic E-state index is 0.288. The second-order valence-corrected chi connectivity index (χ2v) is 5.35. The molecule has 0 aromatic heterocycles. The Bertz CT molecular complexity index is 526. The number of hydrogen-bond acceptors (Lipinski definition) is 1. The van der Waals surface area contributed by atoms with Gasteiger partial charge in [-0.3, -0.25) is 0 Å². The summed E-state index contributed by atoms with van der Waals surface area (Å²) in [7, 11) is 0. The first-order valence-electron chi connectivity index (χ1n) is 6.28. The molecule has 18 heavy (non-hydrogen) atoms. The molecule has 1 aliphatic rings. The monoisotopic (exact) mass is 258 g/mol. The lowest BCUT2D eigenvalue weighted by molar-refractivity contribution is 0.154. The van der Waals surface area contributed by atoms with E-state index in [9.17, 15) is 5.11 Å². The number of aliphatic hydroxyl groups is 1. The van der Waals surface area contributed by atoms with Gasteiger partial charge in [0.2, 0.25) is 0 Å². The largest absolute Gasteiger partial charge is 0.388 e. The Kier molecular flexibility index (Phi) is 3.11. The van der Waals surface area contributed by atoms with Crippen molar-refractivity contribution < 1.29 is 5.11 Å². The van der Waals surface area contributed by atoms with Gasteiger partial charge in [-0.05, 0) is 47.6 Å². The molecule has 2 heteroatoms. The first-order chi connectivity index (χ1) is 8.74. The van der Waals surface area contributed by atoms with Gasteiger partial charge in [0, 0.05) is 5.02 Å². The summed E-state index contributed by atoms with van der Waals surface area (Å²) < 4.78 is 0. The smallest absolute Gasteiger partial charge is 0.0818 e. The topological polar surface area (TPSA) is 20.2 Å². The van der Waals surface area contributed by atoms with Gasteiger partial charge < -0.3 is 5.11 Å². The molecule has 2 aromatic carbocycles. The van der Waals surface area contributed by atoms with E-state index in [4.69, 9.17) is 11.6 Å². The summed E-state index contributed by atoms with van der Waals surface area (Å²) in [5.41, 5.74) is 3.32. The molecular weight excluding hydrogens is 244 g/mol. The van der Waals surface area contributed by atoms with Gasteiger partial charge in [0.15, 0.2) is 0 Å². The van der Waals surface area contributed by atoms with Crippen LogP contribution in [0.3, 0.4) is 0 Å². The number of rotatable bonds is 3. The third-order valence-corrected chi connectivity index (χ3v) is 3.75. The zero-order chi connectivity index (χ0) is 12.5. The van der Waals surface area contributed by atoms with Crippen molar-refractivity contribution in [2.24, 2.45) is 5.92 Å².